The molecule has 106 valence electrons. The number of nitrogens with zero attached hydrogens (tertiary/aromatic N) is 2. The second-order valence-corrected chi connectivity index (χ2v) is 8.56. The standard InChI is InChI=1S/C10H15BrN4O2S2/c1-7-6-15(2-3-18-7)19(16,17)9-4-8(11)5-13-10(9)14-12/h4-5,7H,2-3,6,12H2,1H3,(H,13,14). The Hall–Kier alpha value is -0.350. The van der Waals surface area contributed by atoms with E-state index in [9.17, 15) is 8.42 Å². The zero-order chi connectivity index (χ0) is 14.0. The van der Waals surface area contributed by atoms with Crippen LogP contribution in [-0.2, 0) is 10.0 Å². The average Bonchev–Trinajstić information content (AvgIpc) is 2.38. The maximum Gasteiger partial charge on any atom is 0.246 e. The Bertz CT molecular complexity index is 567. The van der Waals surface area contributed by atoms with Crippen LogP contribution in [0.15, 0.2) is 21.6 Å². The Kier molecular flexibility index (Phi) is 4.72. The number of nitrogens with one attached hydrogen (secondary N) is 1. The van der Waals surface area contributed by atoms with Crippen LogP contribution in [0.1, 0.15) is 6.92 Å². The van der Waals surface area contributed by atoms with Crippen LogP contribution in [0.5, 0.6) is 0 Å². The number of hydrogen-bond donors (Lipinski definition) is 2. The number of aromatic nitrogens is 1. The van der Waals surface area contributed by atoms with Gasteiger partial charge < -0.3 is 5.43 Å². The number of sulfonamides is 1. The third-order valence-electron chi connectivity index (χ3n) is 2.78. The molecular weight excluding hydrogens is 352 g/mol. The van der Waals surface area contributed by atoms with Gasteiger partial charge in [-0.25, -0.2) is 19.2 Å². The van der Waals surface area contributed by atoms with E-state index >= 15 is 0 Å². The fourth-order valence-electron chi connectivity index (χ4n) is 1.87. The number of pyridine rings is 1. The lowest BCUT2D eigenvalue weighted by molar-refractivity contribution is 0.424. The van der Waals surface area contributed by atoms with E-state index in [2.05, 4.69) is 26.3 Å². The Labute approximate surface area is 125 Å². The van der Waals surface area contributed by atoms with E-state index in [1.807, 2.05) is 6.92 Å². The first-order valence-electron chi connectivity index (χ1n) is 5.69. The topological polar surface area (TPSA) is 88.3 Å². The molecule has 9 heteroatoms. The Morgan fingerprint density at radius 2 is 2.37 bits per heavy atom. The van der Waals surface area contributed by atoms with Gasteiger partial charge in [0.15, 0.2) is 5.82 Å². The van der Waals surface area contributed by atoms with Gasteiger partial charge in [-0.1, -0.05) is 6.92 Å². The number of halogens is 1. The first kappa shape index (κ1) is 15.0. The molecule has 0 bridgehead atoms. The molecule has 19 heavy (non-hydrogen) atoms. The van der Waals surface area contributed by atoms with Crippen molar-refractivity contribution < 1.29 is 8.42 Å². The normalized spacial score (nSPS) is 21.3. The van der Waals surface area contributed by atoms with E-state index in [1.165, 1.54) is 16.6 Å². The van der Waals surface area contributed by atoms with Crippen LogP contribution in [0.3, 0.4) is 0 Å². The van der Waals surface area contributed by atoms with E-state index in [0.29, 0.717) is 17.6 Å². The molecule has 0 saturated carbocycles. The van der Waals surface area contributed by atoms with E-state index in [1.54, 1.807) is 11.8 Å². The van der Waals surface area contributed by atoms with Crippen LogP contribution in [0.25, 0.3) is 0 Å². The van der Waals surface area contributed by atoms with Gasteiger partial charge in [-0.15, -0.1) is 0 Å². The summed E-state index contributed by atoms with van der Waals surface area (Å²) >= 11 is 5.01. The van der Waals surface area contributed by atoms with Crippen LogP contribution in [-0.4, -0.2) is 41.8 Å². The summed E-state index contributed by atoms with van der Waals surface area (Å²) in [6.07, 6.45) is 1.50. The second kappa shape index (κ2) is 5.96. The highest BCUT2D eigenvalue weighted by Crippen LogP contribution is 2.28. The fourth-order valence-corrected chi connectivity index (χ4v) is 5.24. The molecule has 1 aromatic heterocycles. The van der Waals surface area contributed by atoms with Gasteiger partial charge in [0.1, 0.15) is 4.90 Å². The predicted octanol–water partition coefficient (Wildman–Crippen LogP) is 1.26. The molecule has 0 amide bonds. The second-order valence-electron chi connectivity index (χ2n) is 4.19. The minimum atomic E-state index is -3.58. The van der Waals surface area contributed by atoms with Crippen molar-refractivity contribution in [1.82, 2.24) is 9.29 Å². The first-order chi connectivity index (χ1) is 8.95. The van der Waals surface area contributed by atoms with Crippen molar-refractivity contribution in [2.24, 2.45) is 5.84 Å². The summed E-state index contributed by atoms with van der Waals surface area (Å²) in [6.45, 7) is 3.03. The highest BCUT2D eigenvalue weighted by atomic mass is 79.9. The molecule has 1 saturated heterocycles. The number of rotatable bonds is 3. The summed E-state index contributed by atoms with van der Waals surface area (Å²) in [7, 11) is -3.58. The lowest BCUT2D eigenvalue weighted by Gasteiger charge is -2.30. The maximum absolute atomic E-state index is 12.6. The number of thioether (sulfide) groups is 1. The molecule has 1 aliphatic rings. The van der Waals surface area contributed by atoms with Crippen molar-refractivity contribution in [1.29, 1.82) is 0 Å². The van der Waals surface area contributed by atoms with Gasteiger partial charge in [-0.3, -0.25) is 0 Å². The van der Waals surface area contributed by atoms with Gasteiger partial charge in [0.05, 0.1) is 0 Å². The fraction of sp³-hybridized carbons (Fsp3) is 0.500. The number of hydrazine groups is 1. The highest BCUT2D eigenvalue weighted by molar-refractivity contribution is 9.10. The van der Waals surface area contributed by atoms with Gasteiger partial charge in [-0.2, -0.15) is 16.1 Å². The smallest absolute Gasteiger partial charge is 0.246 e. The van der Waals surface area contributed by atoms with Gasteiger partial charge in [-0.05, 0) is 22.0 Å². The van der Waals surface area contributed by atoms with Crippen molar-refractivity contribution >= 4 is 43.5 Å². The Morgan fingerprint density at radius 1 is 1.63 bits per heavy atom. The molecular formula is C10H15BrN4O2S2. The molecule has 2 rings (SSSR count). The summed E-state index contributed by atoms with van der Waals surface area (Å²) in [6, 6.07) is 1.52. The molecule has 0 radical (unpaired) electrons. The van der Waals surface area contributed by atoms with Crippen LogP contribution in [0, 0.1) is 0 Å². The summed E-state index contributed by atoms with van der Waals surface area (Å²) < 4.78 is 27.3. The van der Waals surface area contributed by atoms with Crippen LogP contribution < -0.4 is 11.3 Å². The number of hydrogen-bond acceptors (Lipinski definition) is 6. The van der Waals surface area contributed by atoms with Crippen molar-refractivity contribution in [2.45, 2.75) is 17.1 Å². The van der Waals surface area contributed by atoms with E-state index in [4.69, 9.17) is 5.84 Å². The predicted molar refractivity (Wildman–Crippen MR) is 80.4 cm³/mol. The highest BCUT2D eigenvalue weighted by Gasteiger charge is 2.31. The third-order valence-corrected chi connectivity index (χ3v) is 6.23. The molecule has 1 aliphatic heterocycles. The summed E-state index contributed by atoms with van der Waals surface area (Å²) in [5, 5.41) is 0.290. The van der Waals surface area contributed by atoms with E-state index in [0.717, 1.165) is 5.75 Å². The SMILES string of the molecule is CC1CN(S(=O)(=O)c2cc(Br)cnc2NN)CCS1. The summed E-state index contributed by atoms with van der Waals surface area (Å²) in [5.74, 6) is 6.30. The summed E-state index contributed by atoms with van der Waals surface area (Å²) in [5.41, 5.74) is 2.34. The number of nitrogens with two attached hydrogens (primary N) is 1. The van der Waals surface area contributed by atoms with Gasteiger partial charge in [0, 0.05) is 34.8 Å². The van der Waals surface area contributed by atoms with Crippen molar-refractivity contribution in [3.05, 3.63) is 16.7 Å². The lowest BCUT2D eigenvalue weighted by atomic mass is 10.4. The van der Waals surface area contributed by atoms with Gasteiger partial charge >= 0.3 is 0 Å². The zero-order valence-electron chi connectivity index (χ0n) is 10.3. The average molecular weight is 367 g/mol. The largest absolute Gasteiger partial charge is 0.307 e. The molecule has 1 atom stereocenters. The van der Waals surface area contributed by atoms with E-state index in [-0.39, 0.29) is 16.0 Å². The van der Waals surface area contributed by atoms with Crippen molar-refractivity contribution in [3.8, 4) is 0 Å². The molecule has 2 heterocycles. The van der Waals surface area contributed by atoms with Gasteiger partial charge in [0.2, 0.25) is 10.0 Å². The van der Waals surface area contributed by atoms with E-state index < -0.39 is 10.0 Å². The Morgan fingerprint density at radius 3 is 3.00 bits per heavy atom. The van der Waals surface area contributed by atoms with Crippen LogP contribution >= 0.6 is 27.7 Å². The molecule has 1 aromatic rings. The minimum Gasteiger partial charge on any atom is -0.307 e. The summed E-state index contributed by atoms with van der Waals surface area (Å²) in [4.78, 5) is 4.08. The zero-order valence-corrected chi connectivity index (χ0v) is 13.6. The lowest BCUT2D eigenvalue weighted by Crippen LogP contribution is -2.41. The molecule has 1 unspecified atom stereocenters. The number of nitrogen functional groups attached to an aromatic ring is 1. The van der Waals surface area contributed by atoms with Crippen molar-refractivity contribution in [2.75, 3.05) is 24.3 Å². The molecule has 0 aromatic carbocycles. The molecule has 1 fully saturated rings. The Balaban J connectivity index is 2.41. The molecule has 0 aliphatic carbocycles. The molecule has 3 N–H and O–H groups in total. The third kappa shape index (κ3) is 3.22. The maximum atomic E-state index is 12.6. The quantitative estimate of drug-likeness (QED) is 0.618. The first-order valence-corrected chi connectivity index (χ1v) is 8.97. The monoisotopic (exact) mass is 366 g/mol. The molecule has 6 nitrogen and oxygen atoms in total. The van der Waals surface area contributed by atoms with Crippen LogP contribution in [0.4, 0.5) is 5.82 Å². The molecule has 0 spiro atoms. The number of anilines is 1. The van der Waals surface area contributed by atoms with Gasteiger partial charge in [0.25, 0.3) is 0 Å². The van der Waals surface area contributed by atoms with Crippen LogP contribution in [0.2, 0.25) is 0 Å². The van der Waals surface area contributed by atoms with Crippen molar-refractivity contribution in [3.63, 3.8) is 0 Å². The minimum absolute atomic E-state index is 0.100.